The van der Waals surface area contributed by atoms with Gasteiger partial charge in [0.05, 0.1) is 10.3 Å². The lowest BCUT2D eigenvalue weighted by molar-refractivity contribution is -0.384. The highest BCUT2D eigenvalue weighted by molar-refractivity contribution is 7.98. The van der Waals surface area contributed by atoms with Crippen LogP contribution in [0.3, 0.4) is 0 Å². The third-order valence-corrected chi connectivity index (χ3v) is 10.2. The summed E-state index contributed by atoms with van der Waals surface area (Å²) >= 11 is 7.91. The maximum Gasteiger partial charge on any atom is 0.269 e. The van der Waals surface area contributed by atoms with E-state index >= 15 is 0 Å². The number of aromatic nitrogens is 2. The van der Waals surface area contributed by atoms with Crippen LogP contribution in [0.25, 0.3) is 0 Å². The molecule has 0 atom stereocenters. The number of halogens is 1. The summed E-state index contributed by atoms with van der Waals surface area (Å²) in [5.74, 6) is 1.47. The largest absolute Gasteiger partial charge is 0.368 e. The number of rotatable bonds is 9. The van der Waals surface area contributed by atoms with Crippen molar-refractivity contribution in [2.24, 2.45) is 0 Å². The van der Waals surface area contributed by atoms with Crippen LogP contribution < -0.4 is 9.80 Å². The smallest absolute Gasteiger partial charge is 0.269 e. The van der Waals surface area contributed by atoms with Crippen LogP contribution in [0.2, 0.25) is 5.15 Å². The number of ketones is 1. The Balaban J connectivity index is 1.06. The van der Waals surface area contributed by atoms with Crippen molar-refractivity contribution in [1.29, 1.82) is 0 Å². The molecule has 0 unspecified atom stereocenters. The van der Waals surface area contributed by atoms with Gasteiger partial charge in [-0.1, -0.05) is 65.8 Å². The summed E-state index contributed by atoms with van der Waals surface area (Å²) < 4.78 is 0. The van der Waals surface area contributed by atoms with Gasteiger partial charge in [-0.2, -0.15) is 0 Å². The fraction of sp³-hybridized carbons (Fsp3) is 0.314. The van der Waals surface area contributed by atoms with Crippen molar-refractivity contribution < 1.29 is 14.5 Å². The highest BCUT2D eigenvalue weighted by atomic mass is 35.5. The van der Waals surface area contributed by atoms with Gasteiger partial charge in [0.15, 0.2) is 5.16 Å². The van der Waals surface area contributed by atoms with Gasteiger partial charge in [-0.3, -0.25) is 19.7 Å². The third kappa shape index (κ3) is 7.26. The number of Topliss-reactive ketones (excluding diaryl/α,β-unsaturated/α-hetero) is 1. The van der Waals surface area contributed by atoms with E-state index in [1.165, 1.54) is 23.9 Å². The van der Waals surface area contributed by atoms with Gasteiger partial charge >= 0.3 is 0 Å². The zero-order chi connectivity index (χ0) is 33.0. The molecule has 6 rings (SSSR count). The molecule has 4 aromatic rings. The van der Waals surface area contributed by atoms with Gasteiger partial charge in [0, 0.05) is 74.5 Å². The molecule has 12 heteroatoms. The van der Waals surface area contributed by atoms with Crippen LogP contribution in [-0.2, 0) is 16.0 Å². The Hall–Kier alpha value is -4.48. The molecule has 47 heavy (non-hydrogen) atoms. The second-order valence-corrected chi connectivity index (χ2v) is 13.2. The molecule has 0 spiro atoms. The molecule has 242 valence electrons. The Morgan fingerprint density at radius 2 is 1.57 bits per heavy atom. The topological polar surface area (TPSA) is 113 Å². The monoisotopic (exact) mass is 670 g/mol. The second kappa shape index (κ2) is 14.1. The second-order valence-electron chi connectivity index (χ2n) is 11.9. The predicted molar refractivity (Wildman–Crippen MR) is 185 cm³/mol. The van der Waals surface area contributed by atoms with Crippen molar-refractivity contribution in [2.75, 3.05) is 49.1 Å². The number of carbonyl (C=O) groups is 2. The summed E-state index contributed by atoms with van der Waals surface area (Å²) in [5, 5.41) is 11.9. The van der Waals surface area contributed by atoms with Gasteiger partial charge in [-0.05, 0) is 55.2 Å². The molecule has 2 saturated heterocycles. The number of nitro groups is 1. The average molecular weight is 671 g/mol. The predicted octanol–water partition coefficient (Wildman–Crippen LogP) is 6.42. The molecule has 3 aromatic carbocycles. The number of hydrogen-bond acceptors (Lipinski definition) is 9. The standard InChI is InChI=1S/C35H35ClN6O4S/c1-25(43)35(28-8-3-2-4-9-28)14-16-40(17-15-35)32-23-31(36)37-34(38-32)47-24-26-6-5-7-27(22-26)33(44)41-20-18-39(19-21-41)29-10-12-30(13-11-29)42(45)46/h2-13,22-23H,14-21,24H2,1H3. The molecule has 2 aliphatic heterocycles. The molecule has 3 heterocycles. The maximum absolute atomic E-state index is 13.4. The number of piperazine rings is 1. The van der Waals surface area contributed by atoms with Crippen LogP contribution in [0.5, 0.6) is 0 Å². The Morgan fingerprint density at radius 3 is 2.23 bits per heavy atom. The van der Waals surface area contributed by atoms with Crippen molar-refractivity contribution in [3.05, 3.63) is 117 Å². The van der Waals surface area contributed by atoms with E-state index in [0.29, 0.717) is 73.7 Å². The molecule has 0 radical (unpaired) electrons. The maximum atomic E-state index is 13.4. The molecule has 1 amide bonds. The van der Waals surface area contributed by atoms with Crippen molar-refractivity contribution >= 4 is 52.2 Å². The van der Waals surface area contributed by atoms with E-state index in [2.05, 4.69) is 14.8 Å². The number of amides is 1. The first-order valence-corrected chi connectivity index (χ1v) is 16.9. The Bertz CT molecular complexity index is 1760. The van der Waals surface area contributed by atoms with Crippen LogP contribution in [0.15, 0.2) is 90.1 Å². The number of thioether (sulfide) groups is 1. The van der Waals surface area contributed by atoms with Crippen molar-refractivity contribution in [2.45, 2.75) is 36.1 Å². The number of anilines is 2. The molecule has 0 bridgehead atoms. The van der Waals surface area contributed by atoms with E-state index in [-0.39, 0.29) is 17.4 Å². The van der Waals surface area contributed by atoms with Gasteiger partial charge in [-0.25, -0.2) is 9.97 Å². The van der Waals surface area contributed by atoms with Gasteiger partial charge < -0.3 is 14.7 Å². The first kappa shape index (κ1) is 32.5. The van der Waals surface area contributed by atoms with E-state index in [9.17, 15) is 19.7 Å². The fourth-order valence-electron chi connectivity index (χ4n) is 6.41. The highest BCUT2D eigenvalue weighted by Gasteiger charge is 2.40. The summed E-state index contributed by atoms with van der Waals surface area (Å²) in [6.07, 6.45) is 1.40. The first-order chi connectivity index (χ1) is 22.7. The minimum Gasteiger partial charge on any atom is -0.368 e. The van der Waals surface area contributed by atoms with Crippen LogP contribution in [0.1, 0.15) is 41.3 Å². The normalized spacial score (nSPS) is 16.2. The van der Waals surface area contributed by atoms with E-state index in [4.69, 9.17) is 16.6 Å². The average Bonchev–Trinajstić information content (AvgIpc) is 3.11. The van der Waals surface area contributed by atoms with Gasteiger partial charge in [-0.15, -0.1) is 0 Å². The Kier molecular flexibility index (Phi) is 9.74. The molecule has 0 aliphatic carbocycles. The van der Waals surface area contributed by atoms with Gasteiger partial charge in [0.25, 0.3) is 11.6 Å². The SMILES string of the molecule is CC(=O)C1(c2ccccc2)CCN(c2cc(Cl)nc(SCc3cccc(C(=O)N4CCN(c5ccc([N+](=O)[O-])cc5)CC4)c3)n2)CC1. The molecule has 2 aliphatic rings. The van der Waals surface area contributed by atoms with Crippen LogP contribution in [0.4, 0.5) is 17.2 Å². The summed E-state index contributed by atoms with van der Waals surface area (Å²) in [6.45, 7) is 5.45. The Morgan fingerprint density at radius 1 is 0.872 bits per heavy atom. The third-order valence-electron chi connectivity index (χ3n) is 9.14. The lowest BCUT2D eigenvalue weighted by Crippen LogP contribution is -2.48. The number of nitro benzene ring substituents is 1. The quantitative estimate of drug-likeness (QED) is 0.0655. The number of piperidine rings is 1. The molecule has 0 saturated carbocycles. The molecule has 0 N–H and O–H groups in total. The van der Waals surface area contributed by atoms with E-state index in [1.807, 2.05) is 59.5 Å². The number of benzene rings is 3. The molecular formula is C35H35ClN6O4S. The van der Waals surface area contributed by atoms with E-state index < -0.39 is 10.3 Å². The lowest BCUT2D eigenvalue weighted by atomic mass is 9.70. The summed E-state index contributed by atoms with van der Waals surface area (Å²) in [5.41, 5.74) is 3.14. The van der Waals surface area contributed by atoms with E-state index in [1.54, 1.807) is 25.1 Å². The first-order valence-electron chi connectivity index (χ1n) is 15.6. The zero-order valence-electron chi connectivity index (χ0n) is 26.0. The van der Waals surface area contributed by atoms with Crippen LogP contribution in [0, 0.1) is 10.1 Å². The number of carbonyl (C=O) groups excluding carboxylic acids is 2. The fourth-order valence-corrected chi connectivity index (χ4v) is 7.43. The minimum atomic E-state index is -0.491. The molecule has 2 fully saturated rings. The van der Waals surface area contributed by atoms with Crippen molar-refractivity contribution in [3.63, 3.8) is 0 Å². The van der Waals surface area contributed by atoms with Crippen LogP contribution in [-0.4, -0.2) is 70.8 Å². The Labute approximate surface area is 282 Å². The molecular weight excluding hydrogens is 636 g/mol. The van der Waals surface area contributed by atoms with Gasteiger partial charge in [0.2, 0.25) is 0 Å². The van der Waals surface area contributed by atoms with Gasteiger partial charge in [0.1, 0.15) is 16.8 Å². The van der Waals surface area contributed by atoms with Crippen molar-refractivity contribution in [1.82, 2.24) is 14.9 Å². The molecule has 1 aromatic heterocycles. The lowest BCUT2D eigenvalue weighted by Gasteiger charge is -2.41. The van der Waals surface area contributed by atoms with Crippen molar-refractivity contribution in [3.8, 4) is 0 Å². The zero-order valence-corrected chi connectivity index (χ0v) is 27.6. The highest BCUT2D eigenvalue weighted by Crippen LogP contribution is 2.38. The van der Waals surface area contributed by atoms with Crippen LogP contribution >= 0.6 is 23.4 Å². The summed E-state index contributed by atoms with van der Waals surface area (Å²) in [7, 11) is 0. The minimum absolute atomic E-state index is 0.0243. The summed E-state index contributed by atoms with van der Waals surface area (Å²) in [6, 6.07) is 25.9. The number of nitrogens with zero attached hydrogens (tertiary/aromatic N) is 6. The summed E-state index contributed by atoms with van der Waals surface area (Å²) in [4.78, 5) is 52.2. The van der Waals surface area contributed by atoms with E-state index in [0.717, 1.165) is 22.6 Å². The number of non-ortho nitro benzene ring substituents is 1. The number of hydrogen-bond donors (Lipinski definition) is 0. The molecule has 10 nitrogen and oxygen atoms in total.